The van der Waals surface area contributed by atoms with E-state index >= 15 is 0 Å². The van der Waals surface area contributed by atoms with Crippen molar-refractivity contribution in [1.29, 1.82) is 0 Å². The number of benzene rings is 1. The highest BCUT2D eigenvalue weighted by molar-refractivity contribution is 5.52. The summed E-state index contributed by atoms with van der Waals surface area (Å²) in [6.07, 6.45) is 1.52. The Bertz CT molecular complexity index is 770. The summed E-state index contributed by atoms with van der Waals surface area (Å²) in [4.78, 5) is 6.28. The number of nitrogens with two attached hydrogens (primary N) is 1. The standard InChI is InChI=1S/C19H23N3O4/c20-19-13(3-2-7-21-19)11-22-8-6-15(14(23)12-22)26-17-5-1-4-16-18(17)25-10-9-24-16/h1-5,7,14-15,23H,6,8-12H2,(H2,20,21)/t14-,15-/m1/s1. The lowest BCUT2D eigenvalue weighted by Gasteiger charge is -2.36. The molecule has 0 bridgehead atoms. The molecular formula is C19H23N3O4. The van der Waals surface area contributed by atoms with Crippen molar-refractivity contribution in [1.82, 2.24) is 9.88 Å². The van der Waals surface area contributed by atoms with Gasteiger partial charge in [0.1, 0.15) is 31.2 Å². The largest absolute Gasteiger partial charge is 0.486 e. The first-order valence-corrected chi connectivity index (χ1v) is 8.86. The Morgan fingerprint density at radius 3 is 2.96 bits per heavy atom. The van der Waals surface area contributed by atoms with Gasteiger partial charge in [0.15, 0.2) is 11.5 Å². The number of pyridine rings is 1. The molecule has 1 saturated heterocycles. The fourth-order valence-corrected chi connectivity index (χ4v) is 3.38. The van der Waals surface area contributed by atoms with Crippen molar-refractivity contribution >= 4 is 5.82 Å². The molecule has 0 amide bonds. The number of nitrogens with zero attached hydrogens (tertiary/aromatic N) is 2. The SMILES string of the molecule is Nc1ncccc1CN1CC[C@@H](Oc2cccc3c2OCCO3)[C@H](O)C1. The second-order valence-electron chi connectivity index (χ2n) is 6.58. The number of ether oxygens (including phenoxy) is 3. The van der Waals surface area contributed by atoms with Crippen LogP contribution in [0.1, 0.15) is 12.0 Å². The van der Waals surface area contributed by atoms with Gasteiger partial charge < -0.3 is 25.1 Å². The van der Waals surface area contributed by atoms with Crippen LogP contribution < -0.4 is 19.9 Å². The number of piperidine rings is 1. The quantitative estimate of drug-likeness (QED) is 0.856. The molecule has 3 N–H and O–H groups in total. The zero-order valence-electron chi connectivity index (χ0n) is 14.5. The minimum Gasteiger partial charge on any atom is -0.486 e. The van der Waals surface area contributed by atoms with Gasteiger partial charge in [-0.25, -0.2) is 4.98 Å². The number of hydrogen-bond donors (Lipinski definition) is 2. The third-order valence-corrected chi connectivity index (χ3v) is 4.73. The van der Waals surface area contributed by atoms with Gasteiger partial charge in [0.2, 0.25) is 5.75 Å². The van der Waals surface area contributed by atoms with Crippen LogP contribution in [0, 0.1) is 0 Å². The van der Waals surface area contributed by atoms with E-state index in [4.69, 9.17) is 19.9 Å². The van der Waals surface area contributed by atoms with Crippen LogP contribution in [0.25, 0.3) is 0 Å². The van der Waals surface area contributed by atoms with Crippen molar-refractivity contribution in [3.05, 3.63) is 42.1 Å². The molecule has 2 aliphatic rings. The summed E-state index contributed by atoms with van der Waals surface area (Å²) in [7, 11) is 0. The van der Waals surface area contributed by atoms with E-state index < -0.39 is 6.10 Å². The normalized spacial score (nSPS) is 22.8. The Morgan fingerprint density at radius 1 is 1.23 bits per heavy atom. The summed E-state index contributed by atoms with van der Waals surface area (Å²) < 4.78 is 17.3. The number of aromatic nitrogens is 1. The Morgan fingerprint density at radius 2 is 2.12 bits per heavy atom. The number of aliphatic hydroxyl groups excluding tert-OH is 1. The van der Waals surface area contributed by atoms with Crippen LogP contribution >= 0.6 is 0 Å². The van der Waals surface area contributed by atoms with Gasteiger partial charge in [0.05, 0.1) is 0 Å². The van der Waals surface area contributed by atoms with Gasteiger partial charge in [-0.1, -0.05) is 12.1 Å². The average Bonchev–Trinajstić information content (AvgIpc) is 2.66. The summed E-state index contributed by atoms with van der Waals surface area (Å²) in [5.74, 6) is 2.47. The number of rotatable bonds is 4. The highest BCUT2D eigenvalue weighted by Crippen LogP contribution is 2.40. The molecule has 2 aliphatic heterocycles. The van der Waals surface area contributed by atoms with E-state index in [-0.39, 0.29) is 6.10 Å². The van der Waals surface area contributed by atoms with Crippen molar-refractivity contribution in [2.45, 2.75) is 25.2 Å². The van der Waals surface area contributed by atoms with Crippen LogP contribution in [0.5, 0.6) is 17.2 Å². The van der Waals surface area contributed by atoms with Gasteiger partial charge in [0, 0.05) is 31.4 Å². The summed E-state index contributed by atoms with van der Waals surface area (Å²) >= 11 is 0. The van der Waals surface area contributed by atoms with Gasteiger partial charge in [-0.3, -0.25) is 4.90 Å². The van der Waals surface area contributed by atoms with Crippen LogP contribution in [-0.2, 0) is 6.54 Å². The van der Waals surface area contributed by atoms with Crippen molar-refractivity contribution < 1.29 is 19.3 Å². The first kappa shape index (κ1) is 16.9. The first-order valence-electron chi connectivity index (χ1n) is 8.86. The van der Waals surface area contributed by atoms with Gasteiger partial charge in [-0.05, 0) is 24.6 Å². The lowest BCUT2D eigenvalue weighted by Crippen LogP contribution is -2.48. The summed E-state index contributed by atoms with van der Waals surface area (Å²) in [5, 5.41) is 10.6. The second-order valence-corrected chi connectivity index (χ2v) is 6.58. The highest BCUT2D eigenvalue weighted by atomic mass is 16.6. The Balaban J connectivity index is 1.40. The maximum absolute atomic E-state index is 10.6. The van der Waals surface area contributed by atoms with Gasteiger partial charge >= 0.3 is 0 Å². The molecule has 1 aromatic carbocycles. The van der Waals surface area contributed by atoms with Crippen LogP contribution in [0.2, 0.25) is 0 Å². The highest BCUT2D eigenvalue weighted by Gasteiger charge is 2.31. The minimum absolute atomic E-state index is 0.283. The molecular weight excluding hydrogens is 334 g/mol. The Kier molecular flexibility index (Phi) is 4.81. The molecule has 3 heterocycles. The van der Waals surface area contributed by atoms with Crippen molar-refractivity contribution in [2.75, 3.05) is 32.0 Å². The number of hydrogen-bond acceptors (Lipinski definition) is 7. The van der Waals surface area contributed by atoms with Crippen LogP contribution in [0.4, 0.5) is 5.82 Å². The van der Waals surface area contributed by atoms with Gasteiger partial charge in [-0.2, -0.15) is 0 Å². The monoisotopic (exact) mass is 357 g/mol. The fraction of sp³-hybridized carbons (Fsp3) is 0.421. The topological polar surface area (TPSA) is 90.1 Å². The molecule has 0 spiro atoms. The third-order valence-electron chi connectivity index (χ3n) is 4.73. The molecule has 1 fully saturated rings. The van der Waals surface area contributed by atoms with E-state index in [1.54, 1.807) is 6.20 Å². The molecule has 138 valence electrons. The molecule has 7 nitrogen and oxygen atoms in total. The van der Waals surface area contributed by atoms with E-state index in [1.807, 2.05) is 30.3 Å². The fourth-order valence-electron chi connectivity index (χ4n) is 3.38. The number of para-hydroxylation sites is 1. The molecule has 2 aromatic rings. The van der Waals surface area contributed by atoms with Gasteiger partial charge in [0.25, 0.3) is 0 Å². The van der Waals surface area contributed by atoms with Crippen LogP contribution in [0.3, 0.4) is 0 Å². The molecule has 7 heteroatoms. The summed E-state index contributed by atoms with van der Waals surface area (Å²) in [6, 6.07) is 9.42. The van der Waals surface area contributed by atoms with E-state index in [0.29, 0.717) is 55.8 Å². The van der Waals surface area contributed by atoms with Crippen molar-refractivity contribution in [3.63, 3.8) is 0 Å². The third kappa shape index (κ3) is 3.54. The zero-order valence-corrected chi connectivity index (χ0v) is 14.5. The Hall–Kier alpha value is -2.51. The zero-order chi connectivity index (χ0) is 17.9. The van der Waals surface area contributed by atoms with E-state index in [9.17, 15) is 5.11 Å². The second kappa shape index (κ2) is 7.39. The molecule has 0 aliphatic carbocycles. The lowest BCUT2D eigenvalue weighted by atomic mass is 10.0. The van der Waals surface area contributed by atoms with Crippen molar-refractivity contribution in [3.8, 4) is 17.2 Å². The van der Waals surface area contributed by atoms with E-state index in [2.05, 4.69) is 9.88 Å². The molecule has 0 saturated carbocycles. The molecule has 0 unspecified atom stereocenters. The smallest absolute Gasteiger partial charge is 0.203 e. The molecule has 0 radical (unpaired) electrons. The number of likely N-dealkylation sites (tertiary alicyclic amines) is 1. The minimum atomic E-state index is -0.595. The van der Waals surface area contributed by atoms with E-state index in [1.165, 1.54) is 0 Å². The predicted octanol–water partition coefficient (Wildman–Crippen LogP) is 1.45. The van der Waals surface area contributed by atoms with Gasteiger partial charge in [-0.15, -0.1) is 0 Å². The first-order chi connectivity index (χ1) is 12.7. The van der Waals surface area contributed by atoms with Crippen molar-refractivity contribution in [2.24, 2.45) is 0 Å². The van der Waals surface area contributed by atoms with Crippen LogP contribution in [-0.4, -0.2) is 53.5 Å². The number of β-amino-alcohol motifs (C(OH)–C–C–N with tert-alkyl or cyclic N) is 1. The predicted molar refractivity (Wildman–Crippen MR) is 96.4 cm³/mol. The van der Waals surface area contributed by atoms with E-state index in [0.717, 1.165) is 12.1 Å². The number of anilines is 1. The average molecular weight is 357 g/mol. The molecule has 4 rings (SSSR count). The summed E-state index contributed by atoms with van der Waals surface area (Å²) in [6.45, 7) is 3.03. The maximum atomic E-state index is 10.6. The number of nitrogen functional groups attached to an aromatic ring is 1. The summed E-state index contributed by atoms with van der Waals surface area (Å²) in [5.41, 5.74) is 6.89. The Labute approximate surface area is 152 Å². The number of aliphatic hydroxyl groups is 1. The maximum Gasteiger partial charge on any atom is 0.203 e. The lowest BCUT2D eigenvalue weighted by molar-refractivity contribution is -0.0290. The number of fused-ring (bicyclic) bond motifs is 1. The molecule has 1 aromatic heterocycles. The molecule has 26 heavy (non-hydrogen) atoms. The molecule has 2 atom stereocenters. The van der Waals surface area contributed by atoms with Crippen LogP contribution in [0.15, 0.2) is 36.5 Å².